The van der Waals surface area contributed by atoms with E-state index in [4.69, 9.17) is 9.79 Å². The Morgan fingerprint density at radius 2 is 2.00 bits per heavy atom. The lowest BCUT2D eigenvalue weighted by molar-refractivity contribution is 0.297. The van der Waals surface area contributed by atoms with Crippen LogP contribution in [-0.4, -0.2) is 28.0 Å². The van der Waals surface area contributed by atoms with Gasteiger partial charge in [0, 0.05) is 6.54 Å². The van der Waals surface area contributed by atoms with E-state index in [1.165, 1.54) is 7.05 Å². The van der Waals surface area contributed by atoms with Gasteiger partial charge in [0.1, 0.15) is 0 Å². The minimum absolute atomic E-state index is 0.365. The van der Waals surface area contributed by atoms with E-state index in [0.717, 1.165) is 4.67 Å². The van der Waals surface area contributed by atoms with E-state index in [9.17, 15) is 4.57 Å². The van der Waals surface area contributed by atoms with Crippen molar-refractivity contribution in [3.8, 4) is 0 Å². The molecule has 0 saturated heterocycles. The molecule has 0 aromatic rings. The van der Waals surface area contributed by atoms with Crippen LogP contribution in [0.25, 0.3) is 0 Å². The van der Waals surface area contributed by atoms with Crippen LogP contribution < -0.4 is 0 Å². The van der Waals surface area contributed by atoms with Crippen LogP contribution in [0, 0.1) is 0 Å². The molecule has 0 fully saturated rings. The van der Waals surface area contributed by atoms with Gasteiger partial charge in [0.2, 0.25) is 0 Å². The minimum Gasteiger partial charge on any atom is -0.312 e. The van der Waals surface area contributed by atoms with E-state index in [1.807, 2.05) is 0 Å². The second kappa shape index (κ2) is 2.60. The Labute approximate surface area is 48.3 Å². The van der Waals surface area contributed by atoms with Gasteiger partial charge in [-0.1, -0.05) is 6.92 Å². The van der Waals surface area contributed by atoms with Crippen molar-refractivity contribution < 1.29 is 14.4 Å². The van der Waals surface area contributed by atoms with Crippen molar-refractivity contribution >= 4 is 7.75 Å². The summed E-state index contributed by atoms with van der Waals surface area (Å²) in [7, 11) is -2.55. The molecule has 0 saturated carbocycles. The predicted molar refractivity (Wildman–Crippen MR) is 30.3 cm³/mol. The van der Waals surface area contributed by atoms with Crippen LogP contribution in [0.1, 0.15) is 6.92 Å². The van der Waals surface area contributed by atoms with Crippen LogP contribution in [0.15, 0.2) is 0 Å². The van der Waals surface area contributed by atoms with Crippen LogP contribution in [0.2, 0.25) is 0 Å². The lowest BCUT2D eigenvalue weighted by Crippen LogP contribution is -2.12. The van der Waals surface area contributed by atoms with E-state index in [-0.39, 0.29) is 0 Å². The second-order valence-corrected chi connectivity index (χ2v) is 3.20. The predicted octanol–water partition coefficient (Wildman–Crippen LogP) is 0.0308. The van der Waals surface area contributed by atoms with E-state index >= 15 is 0 Å². The smallest absolute Gasteiger partial charge is 0.312 e. The molecule has 0 bridgehead atoms. The van der Waals surface area contributed by atoms with Crippen LogP contribution >= 0.6 is 7.75 Å². The average Bonchev–Trinajstić information content (AvgIpc) is 1.62. The Balaban J connectivity index is 3.82. The van der Waals surface area contributed by atoms with Gasteiger partial charge in [-0.2, -0.15) is 0 Å². The van der Waals surface area contributed by atoms with Crippen molar-refractivity contribution in [3.05, 3.63) is 0 Å². The highest BCUT2D eigenvalue weighted by Crippen LogP contribution is 2.37. The first-order chi connectivity index (χ1) is 3.48. The largest absolute Gasteiger partial charge is 0.402 e. The molecule has 0 aliphatic rings. The normalized spacial score (nSPS) is 12.6. The summed E-state index contributed by atoms with van der Waals surface area (Å²) in [6, 6.07) is 0. The van der Waals surface area contributed by atoms with E-state index in [0.29, 0.717) is 6.54 Å². The molecule has 0 aromatic heterocycles. The zero-order valence-corrected chi connectivity index (χ0v) is 5.80. The van der Waals surface area contributed by atoms with Gasteiger partial charge >= 0.3 is 7.75 Å². The lowest BCUT2D eigenvalue weighted by Gasteiger charge is -2.13. The molecule has 0 radical (unpaired) electrons. The van der Waals surface area contributed by atoms with Gasteiger partial charge < -0.3 is 9.79 Å². The third-order valence-electron chi connectivity index (χ3n) is 0.902. The molecular formula is C3H10NO3P. The number of hydrogen-bond acceptors (Lipinski definition) is 1. The van der Waals surface area contributed by atoms with E-state index in [1.54, 1.807) is 6.92 Å². The zero-order valence-electron chi connectivity index (χ0n) is 4.90. The topological polar surface area (TPSA) is 60.8 Å². The molecule has 8 heavy (non-hydrogen) atoms. The maximum atomic E-state index is 10.2. The minimum atomic E-state index is -3.92. The van der Waals surface area contributed by atoms with Crippen molar-refractivity contribution in [1.82, 2.24) is 4.67 Å². The zero-order chi connectivity index (χ0) is 6.78. The van der Waals surface area contributed by atoms with Crippen LogP contribution in [-0.2, 0) is 4.57 Å². The Kier molecular flexibility index (Phi) is 2.63. The maximum absolute atomic E-state index is 10.2. The van der Waals surface area contributed by atoms with Crippen molar-refractivity contribution in [2.24, 2.45) is 0 Å². The van der Waals surface area contributed by atoms with E-state index in [2.05, 4.69) is 0 Å². The monoisotopic (exact) mass is 139 g/mol. The Morgan fingerprint density at radius 1 is 1.62 bits per heavy atom. The number of hydrogen-bond donors (Lipinski definition) is 2. The molecule has 0 aliphatic heterocycles. The highest BCUT2D eigenvalue weighted by Gasteiger charge is 2.17. The molecule has 4 nitrogen and oxygen atoms in total. The molecule has 0 amide bonds. The van der Waals surface area contributed by atoms with Gasteiger partial charge in [0.05, 0.1) is 0 Å². The van der Waals surface area contributed by atoms with Gasteiger partial charge in [-0.25, -0.2) is 9.24 Å². The molecule has 0 rings (SSSR count). The highest BCUT2D eigenvalue weighted by molar-refractivity contribution is 7.49. The molecule has 2 N–H and O–H groups in total. The molecule has 0 aromatic carbocycles. The van der Waals surface area contributed by atoms with Crippen LogP contribution in [0.5, 0.6) is 0 Å². The first-order valence-corrected chi connectivity index (χ1v) is 3.82. The van der Waals surface area contributed by atoms with Gasteiger partial charge in [-0.3, -0.25) is 0 Å². The average molecular weight is 139 g/mol. The third-order valence-corrected chi connectivity index (χ3v) is 2.07. The SMILES string of the molecule is CCN(C)P(=O)(O)O. The fourth-order valence-corrected chi connectivity index (χ4v) is 0.553. The first-order valence-electron chi connectivity index (χ1n) is 2.25. The number of nitrogens with zero attached hydrogens (tertiary/aromatic N) is 1. The summed E-state index contributed by atoms with van der Waals surface area (Å²) in [4.78, 5) is 16.6. The lowest BCUT2D eigenvalue weighted by atomic mass is 10.8. The summed E-state index contributed by atoms with van der Waals surface area (Å²) in [5, 5.41) is 0. The molecule has 0 atom stereocenters. The maximum Gasteiger partial charge on any atom is 0.402 e. The molecule has 0 aliphatic carbocycles. The third kappa shape index (κ3) is 2.43. The molecule has 0 spiro atoms. The Hall–Kier alpha value is 0.110. The second-order valence-electron chi connectivity index (χ2n) is 1.49. The van der Waals surface area contributed by atoms with Crippen LogP contribution in [0.4, 0.5) is 0 Å². The molecule has 0 heterocycles. The summed E-state index contributed by atoms with van der Waals surface area (Å²) in [5.41, 5.74) is 0. The summed E-state index contributed by atoms with van der Waals surface area (Å²) in [6.45, 7) is 2.05. The van der Waals surface area contributed by atoms with Crippen molar-refractivity contribution in [1.29, 1.82) is 0 Å². The highest BCUT2D eigenvalue weighted by atomic mass is 31.2. The van der Waals surface area contributed by atoms with Gasteiger partial charge in [-0.15, -0.1) is 0 Å². The molecular weight excluding hydrogens is 129 g/mol. The summed E-state index contributed by atoms with van der Waals surface area (Å²) in [5.74, 6) is 0. The quantitative estimate of drug-likeness (QED) is 0.530. The molecule has 0 unspecified atom stereocenters. The standard InChI is InChI=1S/C3H10NO3P/c1-3-4(2)8(5,6)7/h3H2,1-2H3,(H2,5,6,7). The van der Waals surface area contributed by atoms with Crippen molar-refractivity contribution in [2.75, 3.05) is 13.6 Å². The van der Waals surface area contributed by atoms with Gasteiger partial charge in [-0.05, 0) is 7.05 Å². The molecule has 5 heteroatoms. The Morgan fingerprint density at radius 3 is 2.00 bits per heavy atom. The Bertz CT molecular complexity index is 109. The fourth-order valence-electron chi connectivity index (χ4n) is 0.184. The number of rotatable bonds is 2. The fraction of sp³-hybridized carbons (Fsp3) is 1.00. The first kappa shape index (κ1) is 8.11. The van der Waals surface area contributed by atoms with Crippen molar-refractivity contribution in [2.45, 2.75) is 6.92 Å². The van der Waals surface area contributed by atoms with Gasteiger partial charge in [0.25, 0.3) is 0 Å². The van der Waals surface area contributed by atoms with Gasteiger partial charge in [0.15, 0.2) is 0 Å². The van der Waals surface area contributed by atoms with Crippen LogP contribution in [0.3, 0.4) is 0 Å². The summed E-state index contributed by atoms with van der Waals surface area (Å²) in [6.07, 6.45) is 0. The summed E-state index contributed by atoms with van der Waals surface area (Å²) >= 11 is 0. The summed E-state index contributed by atoms with van der Waals surface area (Å²) < 4.78 is 11.2. The molecule has 50 valence electrons. The van der Waals surface area contributed by atoms with Crippen molar-refractivity contribution in [3.63, 3.8) is 0 Å². The van der Waals surface area contributed by atoms with E-state index < -0.39 is 7.75 Å².